The Morgan fingerprint density at radius 3 is 2.74 bits per heavy atom. The Balaban J connectivity index is 2.46. The number of amides is 1. The average molecular weight is 263 g/mol. The Hall–Kier alpha value is -2.08. The number of aromatic carboxylic acids is 1. The summed E-state index contributed by atoms with van der Waals surface area (Å²) in [6.45, 7) is 2.48. The summed E-state index contributed by atoms with van der Waals surface area (Å²) >= 11 is 0. The minimum atomic E-state index is -0.980. The van der Waals surface area contributed by atoms with E-state index in [0.717, 1.165) is 5.69 Å². The van der Waals surface area contributed by atoms with E-state index >= 15 is 0 Å². The number of likely N-dealkylation sites (N-methyl/N-ethyl adjacent to an activating group) is 1. The highest BCUT2D eigenvalue weighted by Gasteiger charge is 2.28. The monoisotopic (exact) mass is 263 g/mol. The molecule has 0 spiro atoms. The molecule has 0 saturated heterocycles. The molecule has 0 saturated carbocycles. The Morgan fingerprint density at radius 2 is 2.16 bits per heavy atom. The van der Waals surface area contributed by atoms with Crippen molar-refractivity contribution in [1.29, 1.82) is 0 Å². The van der Waals surface area contributed by atoms with E-state index in [-0.39, 0.29) is 24.1 Å². The molecule has 102 valence electrons. The van der Waals surface area contributed by atoms with Crippen LogP contribution < -0.4 is 15.5 Å². The molecule has 19 heavy (non-hydrogen) atoms. The van der Waals surface area contributed by atoms with Gasteiger partial charge in [-0.2, -0.15) is 0 Å². The molecule has 3 N–H and O–H groups in total. The summed E-state index contributed by atoms with van der Waals surface area (Å²) in [7, 11) is 1.77. The fraction of sp³-hybridized carbons (Fsp3) is 0.385. The molecule has 0 bridgehead atoms. The molecular weight excluding hydrogens is 246 g/mol. The van der Waals surface area contributed by atoms with Crippen molar-refractivity contribution in [3.05, 3.63) is 23.8 Å². The zero-order valence-corrected chi connectivity index (χ0v) is 11.0. The average Bonchev–Trinajstić information content (AvgIpc) is 2.33. The number of hydrogen-bond donors (Lipinski definition) is 2. The number of carbonyl (C=O) groups is 2. The zero-order chi connectivity index (χ0) is 14.2. The first-order valence-corrected chi connectivity index (χ1v) is 6.04. The van der Waals surface area contributed by atoms with Crippen molar-refractivity contribution >= 4 is 23.3 Å². The van der Waals surface area contributed by atoms with Crippen LogP contribution in [0.15, 0.2) is 18.2 Å². The summed E-state index contributed by atoms with van der Waals surface area (Å²) in [4.78, 5) is 26.4. The minimum Gasteiger partial charge on any atom is -0.478 e. The third-order valence-electron chi connectivity index (χ3n) is 3.07. The number of fused-ring (bicyclic) bond motifs is 1. The van der Waals surface area contributed by atoms with Crippen molar-refractivity contribution in [1.82, 2.24) is 0 Å². The van der Waals surface area contributed by atoms with E-state index in [1.807, 2.05) is 6.92 Å². The summed E-state index contributed by atoms with van der Waals surface area (Å²) in [6.07, 6.45) is 0. The number of anilines is 2. The number of carbonyl (C=O) groups excluding carboxylic acids is 1. The molecule has 1 amide bonds. The van der Waals surface area contributed by atoms with Gasteiger partial charge in [-0.3, -0.25) is 4.79 Å². The largest absolute Gasteiger partial charge is 0.478 e. The van der Waals surface area contributed by atoms with Crippen LogP contribution in [0.1, 0.15) is 17.3 Å². The molecule has 0 fully saturated rings. The van der Waals surface area contributed by atoms with Gasteiger partial charge in [-0.15, -0.1) is 0 Å². The van der Waals surface area contributed by atoms with Crippen LogP contribution in [0.3, 0.4) is 0 Å². The van der Waals surface area contributed by atoms with E-state index in [1.54, 1.807) is 29.0 Å². The van der Waals surface area contributed by atoms with Gasteiger partial charge in [0.1, 0.15) is 0 Å². The highest BCUT2D eigenvalue weighted by atomic mass is 16.4. The first-order valence-electron chi connectivity index (χ1n) is 6.04. The Bertz CT molecular complexity index is 528. The van der Waals surface area contributed by atoms with Gasteiger partial charge >= 0.3 is 5.97 Å². The third kappa shape index (κ3) is 2.53. The van der Waals surface area contributed by atoms with Gasteiger partial charge in [0.05, 0.1) is 23.5 Å². The molecule has 1 unspecified atom stereocenters. The van der Waals surface area contributed by atoms with E-state index in [2.05, 4.69) is 0 Å². The van der Waals surface area contributed by atoms with Crippen molar-refractivity contribution in [3.8, 4) is 0 Å². The summed E-state index contributed by atoms with van der Waals surface area (Å²) < 4.78 is 0. The van der Waals surface area contributed by atoms with E-state index in [0.29, 0.717) is 12.2 Å². The van der Waals surface area contributed by atoms with Gasteiger partial charge in [-0.1, -0.05) is 0 Å². The second-order valence-corrected chi connectivity index (χ2v) is 4.85. The van der Waals surface area contributed by atoms with Crippen molar-refractivity contribution in [2.24, 2.45) is 5.73 Å². The number of rotatable bonds is 3. The van der Waals surface area contributed by atoms with E-state index in [9.17, 15) is 9.59 Å². The lowest BCUT2D eigenvalue weighted by atomic mass is 10.1. The number of hydrogen-bond acceptors (Lipinski definition) is 4. The summed E-state index contributed by atoms with van der Waals surface area (Å²) in [6, 6.07) is 4.61. The smallest absolute Gasteiger partial charge is 0.335 e. The molecule has 0 radical (unpaired) electrons. The SMILES string of the molecule is CC(N)CN1C(=O)CN(C)c2cc(C(=O)O)ccc21. The van der Waals surface area contributed by atoms with Gasteiger partial charge < -0.3 is 20.6 Å². The van der Waals surface area contributed by atoms with Crippen LogP contribution in [0.5, 0.6) is 0 Å². The number of carboxylic acid groups (broad SMARTS) is 1. The molecule has 1 aliphatic heterocycles. The highest BCUT2D eigenvalue weighted by molar-refractivity contribution is 6.04. The summed E-state index contributed by atoms with van der Waals surface area (Å²) in [5.41, 5.74) is 7.41. The topological polar surface area (TPSA) is 86.9 Å². The predicted octanol–water partition coefficient (Wildman–Crippen LogP) is 0.515. The second kappa shape index (κ2) is 4.89. The van der Waals surface area contributed by atoms with Gasteiger partial charge in [0.2, 0.25) is 5.91 Å². The van der Waals surface area contributed by atoms with Crippen LogP contribution in [-0.2, 0) is 4.79 Å². The van der Waals surface area contributed by atoms with Crippen LogP contribution in [-0.4, -0.2) is 43.2 Å². The Morgan fingerprint density at radius 1 is 1.47 bits per heavy atom. The molecule has 6 nitrogen and oxygen atoms in total. The fourth-order valence-corrected chi connectivity index (χ4v) is 2.19. The molecule has 1 heterocycles. The molecule has 0 aliphatic carbocycles. The first-order chi connectivity index (χ1) is 8.90. The lowest BCUT2D eigenvalue weighted by Gasteiger charge is -2.36. The Kier molecular flexibility index (Phi) is 3.44. The van der Waals surface area contributed by atoms with Crippen LogP contribution in [0, 0.1) is 0 Å². The lowest BCUT2D eigenvalue weighted by Crippen LogP contribution is -2.48. The van der Waals surface area contributed by atoms with Crippen molar-refractivity contribution in [3.63, 3.8) is 0 Å². The fourth-order valence-electron chi connectivity index (χ4n) is 2.19. The number of nitrogens with two attached hydrogens (primary N) is 1. The molecule has 6 heteroatoms. The van der Waals surface area contributed by atoms with E-state index in [4.69, 9.17) is 10.8 Å². The van der Waals surface area contributed by atoms with E-state index in [1.165, 1.54) is 6.07 Å². The third-order valence-corrected chi connectivity index (χ3v) is 3.07. The maximum Gasteiger partial charge on any atom is 0.335 e. The standard InChI is InChI=1S/C13H17N3O3/c1-8(14)6-16-10-4-3-9(13(18)19)5-11(10)15(2)7-12(16)17/h3-5,8H,6-7,14H2,1-2H3,(H,18,19). The second-order valence-electron chi connectivity index (χ2n) is 4.85. The molecule has 1 atom stereocenters. The molecule has 2 rings (SSSR count). The number of nitrogens with zero attached hydrogens (tertiary/aromatic N) is 2. The van der Waals surface area contributed by atoms with Crippen LogP contribution >= 0.6 is 0 Å². The van der Waals surface area contributed by atoms with Gasteiger partial charge in [-0.05, 0) is 25.1 Å². The minimum absolute atomic E-state index is 0.0321. The summed E-state index contributed by atoms with van der Waals surface area (Å²) in [5, 5.41) is 9.02. The molecular formula is C13H17N3O3. The van der Waals surface area contributed by atoms with Crippen molar-refractivity contribution in [2.75, 3.05) is 29.9 Å². The predicted molar refractivity (Wildman–Crippen MR) is 72.7 cm³/mol. The van der Waals surface area contributed by atoms with Gasteiger partial charge in [-0.25, -0.2) is 4.79 Å². The van der Waals surface area contributed by atoms with Crippen molar-refractivity contribution < 1.29 is 14.7 Å². The molecule has 0 aromatic heterocycles. The lowest BCUT2D eigenvalue weighted by molar-refractivity contribution is -0.117. The van der Waals surface area contributed by atoms with Gasteiger partial charge in [0.15, 0.2) is 0 Å². The van der Waals surface area contributed by atoms with Crippen LogP contribution in [0.2, 0.25) is 0 Å². The van der Waals surface area contributed by atoms with Gasteiger partial charge in [0.25, 0.3) is 0 Å². The molecule has 1 aromatic rings. The summed E-state index contributed by atoms with van der Waals surface area (Å²) in [5.74, 6) is -1.01. The first kappa shape index (κ1) is 13.4. The van der Waals surface area contributed by atoms with E-state index < -0.39 is 5.97 Å². The van der Waals surface area contributed by atoms with Crippen molar-refractivity contribution in [2.45, 2.75) is 13.0 Å². The normalized spacial score (nSPS) is 16.3. The molecule has 1 aliphatic rings. The maximum absolute atomic E-state index is 12.0. The number of carboxylic acids is 1. The van der Waals surface area contributed by atoms with Gasteiger partial charge in [0, 0.05) is 19.6 Å². The number of benzene rings is 1. The van der Waals surface area contributed by atoms with Crippen LogP contribution in [0.25, 0.3) is 0 Å². The Labute approximate surface area is 111 Å². The highest BCUT2D eigenvalue weighted by Crippen LogP contribution is 2.33. The van der Waals surface area contributed by atoms with Crippen LogP contribution in [0.4, 0.5) is 11.4 Å². The molecule has 1 aromatic carbocycles. The quantitative estimate of drug-likeness (QED) is 0.830. The maximum atomic E-state index is 12.0. The zero-order valence-electron chi connectivity index (χ0n) is 11.0.